The van der Waals surface area contributed by atoms with Crippen LogP contribution >= 0.6 is 0 Å². The van der Waals surface area contributed by atoms with Crippen LogP contribution in [0.25, 0.3) is 0 Å². The summed E-state index contributed by atoms with van der Waals surface area (Å²) in [6.07, 6.45) is -2.36. The molecule has 124 valence electrons. The summed E-state index contributed by atoms with van der Waals surface area (Å²) in [5, 5.41) is 6.42. The first kappa shape index (κ1) is 17.0. The summed E-state index contributed by atoms with van der Waals surface area (Å²) >= 11 is 0. The minimum atomic E-state index is -4.65. The zero-order valence-electron chi connectivity index (χ0n) is 12.9. The van der Waals surface area contributed by atoms with E-state index in [1.807, 2.05) is 6.92 Å². The van der Waals surface area contributed by atoms with Gasteiger partial charge < -0.3 is 9.84 Å². The average molecular weight is 327 g/mol. The first-order valence-corrected chi connectivity index (χ1v) is 7.00. The van der Waals surface area contributed by atoms with Crippen molar-refractivity contribution < 1.29 is 22.5 Å². The molecule has 5 nitrogen and oxygen atoms in total. The van der Waals surface area contributed by atoms with Crippen molar-refractivity contribution in [1.29, 1.82) is 0 Å². The third-order valence-electron chi connectivity index (χ3n) is 3.52. The molecule has 8 heteroatoms. The Morgan fingerprint density at radius 3 is 2.61 bits per heavy atom. The molecule has 0 spiro atoms. The predicted octanol–water partition coefficient (Wildman–Crippen LogP) is 3.59. The molecule has 0 saturated carbocycles. The van der Waals surface area contributed by atoms with Gasteiger partial charge in [-0.1, -0.05) is 12.1 Å². The van der Waals surface area contributed by atoms with Crippen LogP contribution in [0.1, 0.15) is 52.3 Å². The molecule has 1 atom stereocenters. The smallest absolute Gasteiger partial charge is 0.361 e. The normalized spacial score (nSPS) is 13.0. The summed E-state index contributed by atoms with van der Waals surface area (Å²) in [5.74, 6) is -0.285. The minimum absolute atomic E-state index is 0.460. The van der Waals surface area contributed by atoms with Gasteiger partial charge in [-0.15, -0.1) is 0 Å². The number of carbonyl (C=O) groups is 1. The van der Waals surface area contributed by atoms with E-state index in [4.69, 9.17) is 4.52 Å². The first-order chi connectivity index (χ1) is 10.8. The van der Waals surface area contributed by atoms with Crippen molar-refractivity contribution in [2.45, 2.75) is 39.4 Å². The number of pyridine rings is 1. The Balaban J connectivity index is 2.32. The SMILES string of the molecule is CC[C@@H](NC(=O)c1ccncc1C(F)(F)F)c1c(C)noc1C. The van der Waals surface area contributed by atoms with Crippen LogP contribution in [0.5, 0.6) is 0 Å². The molecule has 2 rings (SSSR count). The number of halogens is 3. The van der Waals surface area contributed by atoms with Crippen LogP contribution in [0.4, 0.5) is 13.2 Å². The number of nitrogens with one attached hydrogen (secondary N) is 1. The van der Waals surface area contributed by atoms with Crippen LogP contribution < -0.4 is 5.32 Å². The van der Waals surface area contributed by atoms with E-state index in [-0.39, 0.29) is 0 Å². The average Bonchev–Trinajstić information content (AvgIpc) is 2.83. The van der Waals surface area contributed by atoms with Crippen molar-refractivity contribution in [3.8, 4) is 0 Å². The van der Waals surface area contributed by atoms with Gasteiger partial charge in [0.25, 0.3) is 5.91 Å². The molecule has 0 unspecified atom stereocenters. The van der Waals surface area contributed by atoms with Crippen molar-refractivity contribution in [2.24, 2.45) is 0 Å². The van der Waals surface area contributed by atoms with Crippen molar-refractivity contribution in [2.75, 3.05) is 0 Å². The van der Waals surface area contributed by atoms with E-state index in [9.17, 15) is 18.0 Å². The highest BCUT2D eigenvalue weighted by molar-refractivity contribution is 5.96. The number of aromatic nitrogens is 2. The minimum Gasteiger partial charge on any atom is -0.361 e. The largest absolute Gasteiger partial charge is 0.418 e. The zero-order chi connectivity index (χ0) is 17.2. The maximum atomic E-state index is 13.0. The molecular formula is C15H16F3N3O2. The predicted molar refractivity (Wildman–Crippen MR) is 75.7 cm³/mol. The van der Waals surface area contributed by atoms with Crippen LogP contribution in [0, 0.1) is 13.8 Å². The van der Waals surface area contributed by atoms with E-state index in [1.54, 1.807) is 13.8 Å². The number of alkyl halides is 3. The van der Waals surface area contributed by atoms with Gasteiger partial charge in [-0.2, -0.15) is 13.2 Å². The van der Waals surface area contributed by atoms with Crippen LogP contribution in [-0.4, -0.2) is 16.0 Å². The van der Waals surface area contributed by atoms with Gasteiger partial charge in [-0.3, -0.25) is 9.78 Å². The number of rotatable bonds is 4. The highest BCUT2D eigenvalue weighted by atomic mass is 19.4. The second-order valence-electron chi connectivity index (χ2n) is 5.09. The topological polar surface area (TPSA) is 68.0 Å². The first-order valence-electron chi connectivity index (χ1n) is 7.00. The maximum Gasteiger partial charge on any atom is 0.418 e. The molecule has 0 aliphatic rings. The number of hydrogen-bond donors (Lipinski definition) is 1. The lowest BCUT2D eigenvalue weighted by atomic mass is 10.0. The van der Waals surface area contributed by atoms with E-state index in [2.05, 4.69) is 15.5 Å². The van der Waals surface area contributed by atoms with E-state index in [1.165, 1.54) is 0 Å². The standard InChI is InChI=1S/C15H16F3N3O2/c1-4-12(13-8(2)21-23-9(13)3)20-14(22)10-5-6-19-7-11(10)15(16,17)18/h5-7,12H,4H2,1-3H3,(H,20,22)/t12-/m1/s1. The fourth-order valence-electron chi connectivity index (χ4n) is 2.42. The molecule has 0 aromatic carbocycles. The summed E-state index contributed by atoms with van der Waals surface area (Å²) in [4.78, 5) is 15.8. The van der Waals surface area contributed by atoms with Gasteiger partial charge in [-0.25, -0.2) is 0 Å². The van der Waals surface area contributed by atoms with Crippen LogP contribution in [-0.2, 0) is 6.18 Å². The van der Waals surface area contributed by atoms with Gasteiger partial charge in [0.2, 0.25) is 0 Å². The van der Waals surface area contributed by atoms with Crippen LogP contribution in [0.3, 0.4) is 0 Å². The molecule has 0 bridgehead atoms. The maximum absolute atomic E-state index is 13.0. The third kappa shape index (κ3) is 3.52. The van der Waals surface area contributed by atoms with Crippen molar-refractivity contribution in [3.05, 3.63) is 46.6 Å². The molecule has 2 aromatic rings. The van der Waals surface area contributed by atoms with E-state index in [0.29, 0.717) is 29.6 Å². The lowest BCUT2D eigenvalue weighted by molar-refractivity contribution is -0.138. The molecule has 0 fully saturated rings. The Morgan fingerprint density at radius 1 is 1.39 bits per heavy atom. The van der Waals surface area contributed by atoms with Gasteiger partial charge in [0, 0.05) is 18.0 Å². The third-order valence-corrected chi connectivity index (χ3v) is 3.52. The van der Waals surface area contributed by atoms with Crippen molar-refractivity contribution in [1.82, 2.24) is 15.5 Å². The summed E-state index contributed by atoms with van der Waals surface area (Å²) in [7, 11) is 0. The molecule has 0 radical (unpaired) electrons. The molecule has 0 aliphatic heterocycles. The van der Waals surface area contributed by atoms with E-state index in [0.717, 1.165) is 12.3 Å². The summed E-state index contributed by atoms with van der Waals surface area (Å²) < 4.78 is 44.0. The van der Waals surface area contributed by atoms with E-state index >= 15 is 0 Å². The van der Waals surface area contributed by atoms with Crippen molar-refractivity contribution >= 4 is 5.91 Å². The van der Waals surface area contributed by atoms with Gasteiger partial charge in [0.05, 0.1) is 22.9 Å². The monoisotopic (exact) mass is 327 g/mol. The molecule has 0 saturated heterocycles. The zero-order valence-corrected chi connectivity index (χ0v) is 12.9. The number of aryl methyl sites for hydroxylation is 2. The van der Waals surface area contributed by atoms with Gasteiger partial charge in [-0.05, 0) is 26.3 Å². The Hall–Kier alpha value is -2.38. The lowest BCUT2D eigenvalue weighted by Gasteiger charge is -2.18. The fourth-order valence-corrected chi connectivity index (χ4v) is 2.42. The number of hydrogen-bond acceptors (Lipinski definition) is 4. The van der Waals surface area contributed by atoms with Gasteiger partial charge in [0.1, 0.15) is 5.76 Å². The number of amides is 1. The number of nitrogens with zero attached hydrogens (tertiary/aromatic N) is 2. The van der Waals surface area contributed by atoms with Crippen molar-refractivity contribution in [3.63, 3.8) is 0 Å². The summed E-state index contributed by atoms with van der Waals surface area (Å²) in [6, 6.07) is 0.570. The second kappa shape index (κ2) is 6.39. The molecular weight excluding hydrogens is 311 g/mol. The second-order valence-corrected chi connectivity index (χ2v) is 5.09. The Labute approximate surface area is 130 Å². The summed E-state index contributed by atoms with van der Waals surface area (Å²) in [5.41, 5.74) is -0.243. The number of carbonyl (C=O) groups excluding carboxylic acids is 1. The van der Waals surface area contributed by atoms with Gasteiger partial charge in [0.15, 0.2) is 0 Å². The van der Waals surface area contributed by atoms with Crippen LogP contribution in [0.15, 0.2) is 23.0 Å². The molecule has 2 aromatic heterocycles. The Bertz CT molecular complexity index is 691. The highest BCUT2D eigenvalue weighted by Gasteiger charge is 2.36. The highest BCUT2D eigenvalue weighted by Crippen LogP contribution is 2.32. The Kier molecular flexibility index (Phi) is 4.72. The summed E-state index contributed by atoms with van der Waals surface area (Å²) in [6.45, 7) is 5.22. The molecule has 1 N–H and O–H groups in total. The molecule has 0 aliphatic carbocycles. The lowest BCUT2D eigenvalue weighted by Crippen LogP contribution is -2.30. The fraction of sp³-hybridized carbons (Fsp3) is 0.400. The van der Waals surface area contributed by atoms with E-state index < -0.39 is 29.3 Å². The quantitative estimate of drug-likeness (QED) is 0.932. The molecule has 23 heavy (non-hydrogen) atoms. The Morgan fingerprint density at radius 2 is 2.09 bits per heavy atom. The molecule has 2 heterocycles. The molecule has 1 amide bonds. The van der Waals surface area contributed by atoms with Crippen LogP contribution in [0.2, 0.25) is 0 Å². The van der Waals surface area contributed by atoms with Gasteiger partial charge >= 0.3 is 6.18 Å².